The third-order valence-corrected chi connectivity index (χ3v) is 4.33. The number of furan rings is 1. The predicted molar refractivity (Wildman–Crippen MR) is 110 cm³/mol. The molecule has 1 N–H and O–H groups in total. The van der Waals surface area contributed by atoms with Gasteiger partial charge in [0, 0.05) is 17.0 Å². The van der Waals surface area contributed by atoms with E-state index in [0.717, 1.165) is 11.3 Å². The van der Waals surface area contributed by atoms with E-state index in [1.807, 2.05) is 42.5 Å². The number of esters is 1. The SMILES string of the molecule is COc1ccc(Cl)cc1NC(=O)COC(=O)CCc1ccc(-c2ccccc2)o1. The lowest BCUT2D eigenvalue weighted by Gasteiger charge is -2.10. The summed E-state index contributed by atoms with van der Waals surface area (Å²) in [5.74, 6) is 0.901. The highest BCUT2D eigenvalue weighted by molar-refractivity contribution is 6.31. The third-order valence-electron chi connectivity index (χ3n) is 4.10. The maximum atomic E-state index is 12.0. The van der Waals surface area contributed by atoms with Gasteiger partial charge in [-0.05, 0) is 30.3 Å². The number of methoxy groups -OCH3 is 1. The number of hydrogen-bond acceptors (Lipinski definition) is 5. The summed E-state index contributed by atoms with van der Waals surface area (Å²) in [6.45, 7) is -0.401. The number of anilines is 1. The van der Waals surface area contributed by atoms with Gasteiger partial charge in [-0.3, -0.25) is 9.59 Å². The number of halogens is 1. The van der Waals surface area contributed by atoms with E-state index in [0.29, 0.717) is 28.6 Å². The van der Waals surface area contributed by atoms with E-state index in [1.165, 1.54) is 7.11 Å². The highest BCUT2D eigenvalue weighted by Crippen LogP contribution is 2.27. The van der Waals surface area contributed by atoms with Gasteiger partial charge in [-0.2, -0.15) is 0 Å². The van der Waals surface area contributed by atoms with E-state index >= 15 is 0 Å². The lowest BCUT2D eigenvalue weighted by Crippen LogP contribution is -2.21. The number of carbonyl (C=O) groups excluding carboxylic acids is 2. The van der Waals surface area contributed by atoms with Crippen molar-refractivity contribution in [1.29, 1.82) is 0 Å². The zero-order valence-corrected chi connectivity index (χ0v) is 16.6. The van der Waals surface area contributed by atoms with Crippen molar-refractivity contribution in [2.45, 2.75) is 12.8 Å². The second-order valence-electron chi connectivity index (χ2n) is 6.19. The van der Waals surface area contributed by atoms with E-state index in [2.05, 4.69) is 5.32 Å². The molecule has 0 radical (unpaired) electrons. The Morgan fingerprint density at radius 2 is 1.86 bits per heavy atom. The molecule has 0 atom stereocenters. The Morgan fingerprint density at radius 1 is 1.07 bits per heavy atom. The van der Waals surface area contributed by atoms with Crippen LogP contribution in [0, 0.1) is 0 Å². The predicted octanol–water partition coefficient (Wildman–Crippen LogP) is 4.72. The number of hydrogen-bond donors (Lipinski definition) is 1. The molecule has 1 heterocycles. The molecule has 0 aliphatic rings. The maximum Gasteiger partial charge on any atom is 0.306 e. The summed E-state index contributed by atoms with van der Waals surface area (Å²) in [6, 6.07) is 18.2. The van der Waals surface area contributed by atoms with E-state index in [9.17, 15) is 9.59 Å². The number of amides is 1. The van der Waals surface area contributed by atoms with Crippen molar-refractivity contribution in [1.82, 2.24) is 0 Å². The van der Waals surface area contributed by atoms with Gasteiger partial charge in [-0.15, -0.1) is 0 Å². The van der Waals surface area contributed by atoms with Gasteiger partial charge in [-0.25, -0.2) is 0 Å². The molecule has 0 fully saturated rings. The number of carbonyl (C=O) groups is 2. The Labute approximate surface area is 173 Å². The maximum absolute atomic E-state index is 12.0. The van der Waals surface area contributed by atoms with Crippen molar-refractivity contribution in [2.24, 2.45) is 0 Å². The molecule has 1 amide bonds. The fraction of sp³-hybridized carbons (Fsp3) is 0.182. The monoisotopic (exact) mass is 413 g/mol. The molecule has 0 aliphatic carbocycles. The van der Waals surface area contributed by atoms with Gasteiger partial charge in [0.2, 0.25) is 0 Å². The van der Waals surface area contributed by atoms with E-state index < -0.39 is 18.5 Å². The van der Waals surface area contributed by atoms with Crippen molar-refractivity contribution in [3.63, 3.8) is 0 Å². The molecular weight excluding hydrogens is 394 g/mol. The second-order valence-corrected chi connectivity index (χ2v) is 6.62. The zero-order chi connectivity index (χ0) is 20.6. The van der Waals surface area contributed by atoms with Crippen LogP contribution in [0.3, 0.4) is 0 Å². The fourth-order valence-electron chi connectivity index (χ4n) is 2.68. The normalized spacial score (nSPS) is 10.4. The molecule has 1 aromatic heterocycles. The van der Waals surface area contributed by atoms with Crippen molar-refractivity contribution in [3.05, 3.63) is 71.4 Å². The molecule has 0 unspecified atom stereocenters. The first-order valence-electron chi connectivity index (χ1n) is 8.98. The Kier molecular flexibility index (Phi) is 6.92. The molecule has 6 nitrogen and oxygen atoms in total. The van der Waals surface area contributed by atoms with Crippen LogP contribution in [0.4, 0.5) is 5.69 Å². The molecule has 2 aromatic carbocycles. The average Bonchev–Trinajstić information content (AvgIpc) is 3.21. The number of nitrogens with one attached hydrogen (secondary N) is 1. The van der Waals surface area contributed by atoms with Gasteiger partial charge in [0.15, 0.2) is 6.61 Å². The van der Waals surface area contributed by atoms with Crippen LogP contribution >= 0.6 is 11.6 Å². The summed E-state index contributed by atoms with van der Waals surface area (Å²) in [5.41, 5.74) is 1.37. The van der Waals surface area contributed by atoms with Crippen molar-refractivity contribution in [2.75, 3.05) is 19.0 Å². The topological polar surface area (TPSA) is 77.8 Å². The lowest BCUT2D eigenvalue weighted by atomic mass is 10.2. The molecule has 7 heteroatoms. The highest BCUT2D eigenvalue weighted by Gasteiger charge is 2.12. The van der Waals surface area contributed by atoms with Crippen LogP contribution in [-0.2, 0) is 20.7 Å². The van der Waals surface area contributed by atoms with Crippen LogP contribution in [-0.4, -0.2) is 25.6 Å². The van der Waals surface area contributed by atoms with Crippen LogP contribution in [0.2, 0.25) is 5.02 Å². The van der Waals surface area contributed by atoms with E-state index in [4.69, 9.17) is 25.5 Å². The van der Waals surface area contributed by atoms with Gasteiger partial charge in [0.25, 0.3) is 5.91 Å². The van der Waals surface area contributed by atoms with Gasteiger partial charge < -0.3 is 19.2 Å². The Balaban J connectivity index is 1.45. The molecule has 0 saturated heterocycles. The van der Waals surface area contributed by atoms with E-state index in [1.54, 1.807) is 18.2 Å². The largest absolute Gasteiger partial charge is 0.495 e. The molecule has 0 bridgehead atoms. The van der Waals surface area contributed by atoms with Crippen LogP contribution in [0.1, 0.15) is 12.2 Å². The van der Waals surface area contributed by atoms with Crippen LogP contribution < -0.4 is 10.1 Å². The Hall–Kier alpha value is -3.25. The molecule has 3 aromatic rings. The third kappa shape index (κ3) is 5.86. The first-order chi connectivity index (χ1) is 14.0. The summed E-state index contributed by atoms with van der Waals surface area (Å²) in [7, 11) is 1.48. The Bertz CT molecular complexity index is 984. The zero-order valence-electron chi connectivity index (χ0n) is 15.8. The molecule has 3 rings (SSSR count). The van der Waals surface area contributed by atoms with Crippen LogP contribution in [0.5, 0.6) is 5.75 Å². The van der Waals surface area contributed by atoms with Gasteiger partial charge >= 0.3 is 5.97 Å². The first kappa shape index (κ1) is 20.5. The number of aryl methyl sites for hydroxylation is 1. The van der Waals surface area contributed by atoms with Gasteiger partial charge in [0.05, 0.1) is 19.2 Å². The van der Waals surface area contributed by atoms with Crippen LogP contribution in [0.25, 0.3) is 11.3 Å². The number of ether oxygens (including phenoxy) is 2. The molecule has 0 spiro atoms. The summed E-state index contributed by atoms with van der Waals surface area (Å²) >= 11 is 5.92. The summed E-state index contributed by atoms with van der Waals surface area (Å²) in [6.07, 6.45) is 0.491. The molecule has 150 valence electrons. The molecule has 29 heavy (non-hydrogen) atoms. The standard InChI is InChI=1S/C22H20ClNO5/c1-27-20-10-7-16(23)13-18(20)24-21(25)14-28-22(26)12-9-17-8-11-19(29-17)15-5-3-2-4-6-15/h2-8,10-11,13H,9,12,14H2,1H3,(H,24,25). The quantitative estimate of drug-likeness (QED) is 0.540. The number of benzene rings is 2. The summed E-state index contributed by atoms with van der Waals surface area (Å²) in [4.78, 5) is 24.0. The highest BCUT2D eigenvalue weighted by atomic mass is 35.5. The van der Waals surface area contributed by atoms with Gasteiger partial charge in [0.1, 0.15) is 17.3 Å². The minimum absolute atomic E-state index is 0.107. The molecule has 0 aliphatic heterocycles. The minimum atomic E-state index is -0.490. The van der Waals surface area contributed by atoms with E-state index in [-0.39, 0.29) is 6.42 Å². The summed E-state index contributed by atoms with van der Waals surface area (Å²) in [5, 5.41) is 3.06. The van der Waals surface area contributed by atoms with Gasteiger partial charge in [-0.1, -0.05) is 41.9 Å². The fourth-order valence-corrected chi connectivity index (χ4v) is 2.85. The first-order valence-corrected chi connectivity index (χ1v) is 9.36. The summed E-state index contributed by atoms with van der Waals surface area (Å²) < 4.78 is 15.9. The van der Waals surface area contributed by atoms with Crippen molar-refractivity contribution >= 4 is 29.2 Å². The molecule has 0 saturated carbocycles. The smallest absolute Gasteiger partial charge is 0.306 e. The molecular formula is C22H20ClNO5. The average molecular weight is 414 g/mol. The Morgan fingerprint density at radius 3 is 2.62 bits per heavy atom. The van der Waals surface area contributed by atoms with Crippen molar-refractivity contribution in [3.8, 4) is 17.1 Å². The number of rotatable bonds is 8. The minimum Gasteiger partial charge on any atom is -0.495 e. The van der Waals surface area contributed by atoms with Crippen LogP contribution in [0.15, 0.2) is 65.1 Å². The van der Waals surface area contributed by atoms with Crippen molar-refractivity contribution < 1.29 is 23.5 Å². The second kappa shape index (κ2) is 9.80. The lowest BCUT2D eigenvalue weighted by molar-refractivity contribution is -0.147.